The van der Waals surface area contributed by atoms with E-state index in [1.54, 1.807) is 0 Å². The topological polar surface area (TPSA) is 192 Å². The number of hydrogen-bond donors (Lipinski definition) is 3. The standard InChI is InChI=1S/C14H21O13P/c1-6(16)23-11-10(5-15)27-14(26-9(4)19,28(20,21)22)13(25-8(3)18)12(11)24-7(2)17/h10-13,15H,5H2,1-4H3,(H2,20,21,22)/t10-,11+,12+,13-,14-/m1/s1. The summed E-state index contributed by atoms with van der Waals surface area (Å²) in [6.45, 7) is 2.55. The molecule has 0 unspecified atom stereocenters. The van der Waals surface area contributed by atoms with Gasteiger partial charge in [-0.2, -0.15) is 0 Å². The second-order valence-corrected chi connectivity index (χ2v) is 7.50. The molecule has 0 aromatic heterocycles. The molecule has 1 aliphatic rings. The van der Waals surface area contributed by atoms with Gasteiger partial charge in [-0.15, -0.1) is 0 Å². The third-order valence-corrected chi connectivity index (χ3v) is 4.70. The Morgan fingerprint density at radius 3 is 1.71 bits per heavy atom. The van der Waals surface area contributed by atoms with Crippen molar-refractivity contribution < 1.29 is 62.3 Å². The number of rotatable bonds is 6. The highest BCUT2D eigenvalue weighted by Gasteiger charge is 2.70. The monoisotopic (exact) mass is 428 g/mol. The van der Waals surface area contributed by atoms with Crippen molar-refractivity contribution in [3.05, 3.63) is 0 Å². The van der Waals surface area contributed by atoms with Gasteiger partial charge in [0, 0.05) is 27.7 Å². The summed E-state index contributed by atoms with van der Waals surface area (Å²) in [4.78, 5) is 65.8. The van der Waals surface area contributed by atoms with E-state index in [9.17, 15) is 38.6 Å². The molecular weight excluding hydrogens is 407 g/mol. The van der Waals surface area contributed by atoms with Crippen LogP contribution in [0.4, 0.5) is 0 Å². The van der Waals surface area contributed by atoms with E-state index in [2.05, 4.69) is 0 Å². The fourth-order valence-electron chi connectivity index (χ4n) is 2.64. The molecule has 0 saturated carbocycles. The lowest BCUT2D eigenvalue weighted by atomic mass is 9.97. The van der Waals surface area contributed by atoms with Crippen LogP contribution in [0.5, 0.6) is 0 Å². The van der Waals surface area contributed by atoms with Crippen LogP contribution in [-0.2, 0) is 47.4 Å². The van der Waals surface area contributed by atoms with E-state index in [4.69, 9.17) is 23.7 Å². The Kier molecular flexibility index (Phi) is 7.68. The van der Waals surface area contributed by atoms with Gasteiger partial charge in [0.05, 0.1) is 6.61 Å². The summed E-state index contributed by atoms with van der Waals surface area (Å²) >= 11 is 0. The molecule has 1 rings (SSSR count). The van der Waals surface area contributed by atoms with Crippen LogP contribution in [0.2, 0.25) is 0 Å². The average molecular weight is 428 g/mol. The smallest absolute Gasteiger partial charge is 0.401 e. The number of aliphatic hydroxyl groups is 1. The Bertz CT molecular complexity index is 685. The molecule has 1 saturated heterocycles. The Morgan fingerprint density at radius 2 is 1.36 bits per heavy atom. The molecule has 0 aliphatic carbocycles. The van der Waals surface area contributed by atoms with Crippen LogP contribution in [0.1, 0.15) is 27.7 Å². The SMILES string of the molecule is CC(=O)O[C@@H]1[C@H](OC(C)=O)[C@@H](OC(C)=O)[C@](OC(C)=O)(P(=O)(O)O)O[C@@H]1CO. The quantitative estimate of drug-likeness (QED) is 0.253. The highest BCUT2D eigenvalue weighted by Crippen LogP contribution is 2.58. The fourth-order valence-corrected chi connectivity index (χ4v) is 3.69. The summed E-state index contributed by atoms with van der Waals surface area (Å²) in [6.07, 6.45) is -7.48. The van der Waals surface area contributed by atoms with Gasteiger partial charge in [0.15, 0.2) is 12.2 Å². The van der Waals surface area contributed by atoms with Crippen LogP contribution >= 0.6 is 7.60 Å². The lowest BCUT2D eigenvalue weighted by Gasteiger charge is -2.49. The lowest BCUT2D eigenvalue weighted by molar-refractivity contribution is -0.324. The number of ether oxygens (including phenoxy) is 5. The fraction of sp³-hybridized carbons (Fsp3) is 0.714. The lowest BCUT2D eigenvalue weighted by Crippen LogP contribution is -2.68. The molecule has 0 radical (unpaired) electrons. The minimum atomic E-state index is -5.62. The number of hydrogen-bond acceptors (Lipinski definition) is 11. The largest absolute Gasteiger partial charge is 0.456 e. The third-order valence-electron chi connectivity index (χ3n) is 3.44. The van der Waals surface area contributed by atoms with E-state index in [0.29, 0.717) is 0 Å². The van der Waals surface area contributed by atoms with Crippen LogP contribution in [-0.4, -0.2) is 75.3 Å². The van der Waals surface area contributed by atoms with Crippen molar-refractivity contribution in [2.75, 3.05) is 6.61 Å². The maximum absolute atomic E-state index is 12.2. The van der Waals surface area contributed by atoms with Gasteiger partial charge in [0.25, 0.3) is 0 Å². The molecular formula is C14H21O13P. The van der Waals surface area contributed by atoms with Gasteiger partial charge in [0.1, 0.15) is 6.10 Å². The zero-order chi connectivity index (χ0) is 21.9. The first-order chi connectivity index (χ1) is 12.7. The summed E-state index contributed by atoms with van der Waals surface area (Å²) < 4.78 is 36.9. The third kappa shape index (κ3) is 5.26. The van der Waals surface area contributed by atoms with Crippen LogP contribution < -0.4 is 0 Å². The predicted molar refractivity (Wildman–Crippen MR) is 85.2 cm³/mol. The average Bonchev–Trinajstić information content (AvgIpc) is 2.49. The highest BCUT2D eigenvalue weighted by atomic mass is 31.2. The minimum Gasteiger partial charge on any atom is -0.456 e. The first-order valence-corrected chi connectivity index (χ1v) is 9.42. The van der Waals surface area contributed by atoms with Crippen LogP contribution in [0.3, 0.4) is 0 Å². The Labute approximate surface area is 159 Å². The molecule has 0 amide bonds. The molecule has 0 spiro atoms. The number of carbonyl (C=O) groups excluding carboxylic acids is 4. The molecule has 14 heteroatoms. The van der Waals surface area contributed by atoms with E-state index in [1.807, 2.05) is 0 Å². The van der Waals surface area contributed by atoms with Gasteiger partial charge in [-0.05, 0) is 0 Å². The van der Waals surface area contributed by atoms with Gasteiger partial charge in [0.2, 0.25) is 6.10 Å². The van der Waals surface area contributed by atoms with Gasteiger partial charge in [-0.3, -0.25) is 23.7 Å². The molecule has 5 atom stereocenters. The first-order valence-electron chi connectivity index (χ1n) is 7.80. The molecule has 3 N–H and O–H groups in total. The predicted octanol–water partition coefficient (Wildman–Crippen LogP) is -1.43. The molecule has 0 aromatic carbocycles. The second kappa shape index (κ2) is 8.97. The summed E-state index contributed by atoms with van der Waals surface area (Å²) in [7, 11) is -5.62. The molecule has 1 heterocycles. The van der Waals surface area contributed by atoms with E-state index in [-0.39, 0.29) is 0 Å². The molecule has 160 valence electrons. The van der Waals surface area contributed by atoms with Crippen molar-refractivity contribution in [1.82, 2.24) is 0 Å². The van der Waals surface area contributed by atoms with Crippen molar-refractivity contribution in [2.24, 2.45) is 0 Å². The van der Waals surface area contributed by atoms with Crippen molar-refractivity contribution in [3.8, 4) is 0 Å². The molecule has 28 heavy (non-hydrogen) atoms. The molecule has 0 bridgehead atoms. The Hall–Kier alpha value is -2.05. The number of aliphatic hydroxyl groups excluding tert-OH is 1. The minimum absolute atomic E-state index is 0.790. The van der Waals surface area contributed by atoms with Crippen molar-refractivity contribution in [3.63, 3.8) is 0 Å². The zero-order valence-electron chi connectivity index (χ0n) is 15.4. The summed E-state index contributed by atoms with van der Waals surface area (Å²) in [5.41, 5.74) is -3.27. The van der Waals surface area contributed by atoms with Crippen LogP contribution in [0.15, 0.2) is 0 Å². The second-order valence-electron chi connectivity index (χ2n) is 5.79. The maximum atomic E-state index is 12.2. The van der Waals surface area contributed by atoms with Crippen LogP contribution in [0.25, 0.3) is 0 Å². The Balaban J connectivity index is 3.71. The first kappa shape index (κ1) is 24.0. The maximum Gasteiger partial charge on any atom is 0.401 e. The highest BCUT2D eigenvalue weighted by molar-refractivity contribution is 7.53. The van der Waals surface area contributed by atoms with E-state index >= 15 is 0 Å². The van der Waals surface area contributed by atoms with Crippen molar-refractivity contribution in [2.45, 2.75) is 57.6 Å². The summed E-state index contributed by atoms with van der Waals surface area (Å²) in [6, 6.07) is 0. The normalized spacial score (nSPS) is 30.1. The molecule has 1 aliphatic heterocycles. The summed E-state index contributed by atoms with van der Waals surface area (Å²) in [5.74, 6) is -4.30. The van der Waals surface area contributed by atoms with E-state index in [0.717, 1.165) is 27.7 Å². The van der Waals surface area contributed by atoms with Gasteiger partial charge < -0.3 is 38.6 Å². The van der Waals surface area contributed by atoms with E-state index < -0.39 is 68.0 Å². The van der Waals surface area contributed by atoms with Gasteiger partial charge >= 0.3 is 37.0 Å². The van der Waals surface area contributed by atoms with Crippen LogP contribution in [0, 0.1) is 0 Å². The Morgan fingerprint density at radius 1 is 0.893 bits per heavy atom. The van der Waals surface area contributed by atoms with E-state index in [1.165, 1.54) is 0 Å². The number of carbonyl (C=O) groups is 4. The van der Waals surface area contributed by atoms with Crippen molar-refractivity contribution >= 4 is 31.5 Å². The van der Waals surface area contributed by atoms with Gasteiger partial charge in [-0.25, -0.2) is 0 Å². The van der Waals surface area contributed by atoms with Crippen molar-refractivity contribution in [1.29, 1.82) is 0 Å². The summed E-state index contributed by atoms with van der Waals surface area (Å²) in [5, 5.41) is 9.57. The number of esters is 4. The molecule has 1 fully saturated rings. The molecule has 0 aromatic rings. The van der Waals surface area contributed by atoms with Gasteiger partial charge in [-0.1, -0.05) is 0 Å². The molecule has 13 nitrogen and oxygen atoms in total. The zero-order valence-corrected chi connectivity index (χ0v) is 16.3.